The lowest BCUT2D eigenvalue weighted by molar-refractivity contribution is -0.162. The van der Waals surface area contributed by atoms with E-state index in [0.717, 1.165) is 26.7 Å². The second-order valence-corrected chi connectivity index (χ2v) is 6.38. The van der Waals surface area contributed by atoms with Crippen LogP contribution in [0.5, 0.6) is 0 Å². The highest BCUT2D eigenvalue weighted by molar-refractivity contribution is 6.08. The minimum Gasteiger partial charge on any atom is -0.468 e. The Kier molecular flexibility index (Phi) is 7.30. The zero-order chi connectivity index (χ0) is 21.6. The average molecular weight is 401 g/mol. The fourth-order valence-corrected chi connectivity index (χ4v) is 3.15. The van der Waals surface area contributed by atoms with Gasteiger partial charge in [-0.15, -0.1) is 0 Å². The Morgan fingerprint density at radius 2 is 1.34 bits per heavy atom. The maximum Gasteiger partial charge on any atom is 0.328 e. The molecule has 2 atom stereocenters. The maximum absolute atomic E-state index is 12.9. The number of hydrogen-bond donors (Lipinski definition) is 1. The van der Waals surface area contributed by atoms with Gasteiger partial charge in [-0.05, 0) is 16.8 Å². The van der Waals surface area contributed by atoms with Gasteiger partial charge in [0.15, 0.2) is 5.92 Å². The molecule has 0 fully saturated rings. The number of fused-ring (bicyclic) bond motifs is 1. The summed E-state index contributed by atoms with van der Waals surface area (Å²) in [6.45, 7) is 1.46. The molecule has 29 heavy (non-hydrogen) atoms. The Hall–Kier alpha value is -3.42. The zero-order valence-electron chi connectivity index (χ0n) is 16.6. The van der Waals surface area contributed by atoms with Crippen molar-refractivity contribution in [3.63, 3.8) is 0 Å². The molecular formula is C21H23NO7. The molecule has 0 unspecified atom stereocenters. The number of nitrogens with one attached hydrogen (secondary N) is 1. The monoisotopic (exact) mass is 401 g/mol. The third-order valence-corrected chi connectivity index (χ3v) is 4.74. The van der Waals surface area contributed by atoms with E-state index < -0.39 is 41.7 Å². The van der Waals surface area contributed by atoms with Crippen LogP contribution in [0.4, 0.5) is 0 Å². The molecule has 2 aromatic carbocycles. The lowest BCUT2D eigenvalue weighted by Crippen LogP contribution is -2.51. The van der Waals surface area contributed by atoms with Crippen LogP contribution < -0.4 is 5.32 Å². The molecule has 0 radical (unpaired) electrons. The molecule has 2 rings (SSSR count). The van der Waals surface area contributed by atoms with E-state index in [1.165, 1.54) is 6.92 Å². The third kappa shape index (κ3) is 4.71. The summed E-state index contributed by atoms with van der Waals surface area (Å²) >= 11 is 0. The van der Waals surface area contributed by atoms with Gasteiger partial charge in [0.2, 0.25) is 0 Å². The average Bonchev–Trinajstić information content (AvgIpc) is 2.75. The topological polar surface area (TPSA) is 108 Å². The Balaban J connectivity index is 2.39. The van der Waals surface area contributed by atoms with E-state index in [1.54, 1.807) is 24.3 Å². The molecule has 0 spiro atoms. The van der Waals surface area contributed by atoms with Crippen molar-refractivity contribution in [2.24, 2.45) is 11.8 Å². The lowest BCUT2D eigenvalue weighted by Gasteiger charge is -2.27. The Bertz CT molecular complexity index is 903. The van der Waals surface area contributed by atoms with Gasteiger partial charge >= 0.3 is 17.9 Å². The van der Waals surface area contributed by atoms with Gasteiger partial charge in [-0.1, -0.05) is 43.3 Å². The fourth-order valence-electron chi connectivity index (χ4n) is 3.15. The highest BCUT2D eigenvalue weighted by Gasteiger charge is 2.42. The molecule has 0 aliphatic rings. The van der Waals surface area contributed by atoms with Crippen LogP contribution in [0.25, 0.3) is 10.8 Å². The van der Waals surface area contributed by atoms with Gasteiger partial charge in [0.1, 0.15) is 6.04 Å². The Labute approximate surface area is 168 Å². The summed E-state index contributed by atoms with van der Waals surface area (Å²) in [4.78, 5) is 49.5. The molecule has 8 nitrogen and oxygen atoms in total. The number of rotatable bonds is 7. The first kappa shape index (κ1) is 21.9. The minimum atomic E-state index is -1.41. The summed E-state index contributed by atoms with van der Waals surface area (Å²) in [7, 11) is 3.39. The number of esters is 3. The number of carbonyl (C=O) groups excluding carboxylic acids is 4. The first-order valence-electron chi connectivity index (χ1n) is 8.87. The molecule has 0 aromatic heterocycles. The molecule has 1 N–H and O–H groups in total. The molecule has 0 bridgehead atoms. The highest BCUT2D eigenvalue weighted by Crippen LogP contribution is 2.22. The van der Waals surface area contributed by atoms with Gasteiger partial charge in [-0.25, -0.2) is 4.79 Å². The van der Waals surface area contributed by atoms with Crippen LogP contribution in [0.15, 0.2) is 42.5 Å². The third-order valence-electron chi connectivity index (χ3n) is 4.74. The summed E-state index contributed by atoms with van der Waals surface area (Å²) in [6.07, 6.45) is 0. The standard InChI is InChI=1S/C21H23NO7/c1-12(16(19(24)27-2)20(25)28-3)17(21(26)29-4)22-18(23)15-11-7-9-13-8-5-6-10-14(13)15/h5-12,16-17H,1-4H3,(H,22,23)/t12-,17+/m0/s1. The molecule has 2 aromatic rings. The summed E-state index contributed by atoms with van der Waals surface area (Å²) in [6, 6.07) is 11.2. The first-order valence-corrected chi connectivity index (χ1v) is 8.87. The summed E-state index contributed by atoms with van der Waals surface area (Å²) in [5, 5.41) is 4.13. The Morgan fingerprint density at radius 1 is 0.793 bits per heavy atom. The smallest absolute Gasteiger partial charge is 0.328 e. The van der Waals surface area contributed by atoms with E-state index >= 15 is 0 Å². The van der Waals surface area contributed by atoms with Crippen molar-refractivity contribution in [2.45, 2.75) is 13.0 Å². The molecule has 0 heterocycles. The van der Waals surface area contributed by atoms with Crippen molar-refractivity contribution in [1.29, 1.82) is 0 Å². The molecule has 8 heteroatoms. The summed E-state index contributed by atoms with van der Waals surface area (Å²) < 4.78 is 14.1. The van der Waals surface area contributed by atoms with Gasteiger partial charge < -0.3 is 19.5 Å². The van der Waals surface area contributed by atoms with Crippen LogP contribution in [0.2, 0.25) is 0 Å². The van der Waals surface area contributed by atoms with Crippen molar-refractivity contribution in [3.8, 4) is 0 Å². The molecule has 0 saturated heterocycles. The van der Waals surface area contributed by atoms with Crippen LogP contribution in [0, 0.1) is 11.8 Å². The molecule has 0 aliphatic heterocycles. The summed E-state index contributed by atoms with van der Waals surface area (Å²) in [5.74, 6) is -5.50. The maximum atomic E-state index is 12.9. The van der Waals surface area contributed by atoms with E-state index in [1.807, 2.05) is 18.2 Å². The van der Waals surface area contributed by atoms with Gasteiger partial charge in [-0.3, -0.25) is 14.4 Å². The van der Waals surface area contributed by atoms with Crippen LogP contribution >= 0.6 is 0 Å². The Morgan fingerprint density at radius 3 is 1.93 bits per heavy atom. The van der Waals surface area contributed by atoms with Crippen LogP contribution in [-0.2, 0) is 28.6 Å². The number of hydrogen-bond acceptors (Lipinski definition) is 7. The van der Waals surface area contributed by atoms with Crippen LogP contribution in [0.3, 0.4) is 0 Å². The van der Waals surface area contributed by atoms with Crippen molar-refractivity contribution in [3.05, 3.63) is 48.0 Å². The predicted octanol–water partition coefficient (Wildman–Crippen LogP) is 1.71. The van der Waals surface area contributed by atoms with E-state index in [9.17, 15) is 19.2 Å². The van der Waals surface area contributed by atoms with Gasteiger partial charge in [0, 0.05) is 11.5 Å². The van der Waals surface area contributed by atoms with E-state index in [2.05, 4.69) is 14.8 Å². The van der Waals surface area contributed by atoms with Crippen molar-refractivity contribution >= 4 is 34.6 Å². The van der Waals surface area contributed by atoms with E-state index in [4.69, 9.17) is 4.74 Å². The SMILES string of the molecule is COC(=O)C(C(=O)OC)[C@H](C)[C@@H](NC(=O)c1cccc2ccccc12)C(=O)OC. The number of carbonyl (C=O) groups is 4. The van der Waals surface area contributed by atoms with Gasteiger partial charge in [-0.2, -0.15) is 0 Å². The van der Waals surface area contributed by atoms with Crippen molar-refractivity contribution < 1.29 is 33.4 Å². The van der Waals surface area contributed by atoms with E-state index in [-0.39, 0.29) is 0 Å². The minimum absolute atomic E-state index is 0.344. The first-order chi connectivity index (χ1) is 13.8. The number of benzene rings is 2. The lowest BCUT2D eigenvalue weighted by atomic mass is 9.87. The molecule has 1 amide bonds. The molecule has 0 saturated carbocycles. The molecular weight excluding hydrogens is 378 g/mol. The molecule has 154 valence electrons. The molecule has 0 aliphatic carbocycles. The van der Waals surface area contributed by atoms with E-state index in [0.29, 0.717) is 10.9 Å². The number of amides is 1. The van der Waals surface area contributed by atoms with Crippen LogP contribution in [-0.4, -0.2) is 51.2 Å². The van der Waals surface area contributed by atoms with Gasteiger partial charge in [0.25, 0.3) is 5.91 Å². The fraction of sp³-hybridized carbons (Fsp3) is 0.333. The van der Waals surface area contributed by atoms with Crippen LogP contribution in [0.1, 0.15) is 17.3 Å². The van der Waals surface area contributed by atoms with Crippen molar-refractivity contribution in [2.75, 3.05) is 21.3 Å². The zero-order valence-corrected chi connectivity index (χ0v) is 16.6. The largest absolute Gasteiger partial charge is 0.468 e. The van der Waals surface area contributed by atoms with Crippen molar-refractivity contribution in [1.82, 2.24) is 5.32 Å². The summed E-state index contributed by atoms with van der Waals surface area (Å²) in [5.41, 5.74) is 0.344. The predicted molar refractivity (Wildman–Crippen MR) is 104 cm³/mol. The van der Waals surface area contributed by atoms with Gasteiger partial charge in [0.05, 0.1) is 21.3 Å². The normalized spacial score (nSPS) is 12.7. The number of ether oxygens (including phenoxy) is 3. The second kappa shape index (κ2) is 9.68. The number of methoxy groups -OCH3 is 3. The second-order valence-electron chi connectivity index (χ2n) is 6.38. The highest BCUT2D eigenvalue weighted by atomic mass is 16.5. The quantitative estimate of drug-likeness (QED) is 0.427.